The van der Waals surface area contributed by atoms with E-state index in [0.717, 1.165) is 33.6 Å². The van der Waals surface area contributed by atoms with Gasteiger partial charge < -0.3 is 10.1 Å². The van der Waals surface area contributed by atoms with Gasteiger partial charge in [0.15, 0.2) is 0 Å². The minimum atomic E-state index is -4.09. The van der Waals surface area contributed by atoms with Crippen molar-refractivity contribution in [2.75, 3.05) is 11.9 Å². The lowest BCUT2D eigenvalue weighted by Gasteiger charge is -2.35. The molecule has 1 aliphatic heterocycles. The van der Waals surface area contributed by atoms with Gasteiger partial charge >= 0.3 is 0 Å². The Bertz CT molecular complexity index is 1280. The zero-order chi connectivity index (χ0) is 23.6. The number of ether oxygens (including phenoxy) is 1. The Morgan fingerprint density at radius 3 is 2.45 bits per heavy atom. The third kappa shape index (κ3) is 4.74. The standard InChI is InChI=1S/C24H22F2N2O4S/c1-2-32-19-8-10-20(11-9-19)33(30,31)28-15-17-6-4-3-5-16(17)13-23(28)24(29)27-22-14-18(25)7-12-21(22)26/h3-12,14,23H,2,13,15H2,1H3,(H,27,29). The van der Waals surface area contributed by atoms with Crippen molar-refractivity contribution in [2.45, 2.75) is 30.8 Å². The summed E-state index contributed by atoms with van der Waals surface area (Å²) in [5.41, 5.74) is 1.24. The maximum absolute atomic E-state index is 14.1. The molecule has 0 aliphatic carbocycles. The Kier molecular flexibility index (Phi) is 6.44. The van der Waals surface area contributed by atoms with Crippen molar-refractivity contribution in [3.63, 3.8) is 0 Å². The smallest absolute Gasteiger partial charge is 0.244 e. The zero-order valence-electron chi connectivity index (χ0n) is 17.8. The summed E-state index contributed by atoms with van der Waals surface area (Å²) >= 11 is 0. The molecule has 3 aromatic rings. The molecule has 172 valence electrons. The van der Waals surface area contributed by atoms with Crippen molar-refractivity contribution in [2.24, 2.45) is 0 Å². The first-order valence-corrected chi connectivity index (χ1v) is 11.8. The first kappa shape index (κ1) is 22.9. The van der Waals surface area contributed by atoms with Gasteiger partial charge in [0, 0.05) is 12.6 Å². The molecule has 0 fully saturated rings. The minimum Gasteiger partial charge on any atom is -0.494 e. The van der Waals surface area contributed by atoms with Gasteiger partial charge in [-0.2, -0.15) is 4.31 Å². The molecule has 0 spiro atoms. The van der Waals surface area contributed by atoms with E-state index in [1.807, 2.05) is 13.0 Å². The molecule has 0 saturated carbocycles. The molecule has 3 aromatic carbocycles. The first-order valence-electron chi connectivity index (χ1n) is 10.4. The van der Waals surface area contributed by atoms with Crippen molar-refractivity contribution in [1.82, 2.24) is 4.31 Å². The second kappa shape index (κ2) is 9.29. The van der Waals surface area contributed by atoms with Crippen LogP contribution >= 0.6 is 0 Å². The highest BCUT2D eigenvalue weighted by molar-refractivity contribution is 7.89. The molecule has 9 heteroatoms. The van der Waals surface area contributed by atoms with Crippen LogP contribution in [0.4, 0.5) is 14.5 Å². The minimum absolute atomic E-state index is 0.0000651. The number of anilines is 1. The first-order chi connectivity index (χ1) is 15.8. The van der Waals surface area contributed by atoms with Gasteiger partial charge in [-0.3, -0.25) is 4.79 Å². The van der Waals surface area contributed by atoms with E-state index in [0.29, 0.717) is 12.4 Å². The predicted molar refractivity (Wildman–Crippen MR) is 119 cm³/mol. The fourth-order valence-electron chi connectivity index (χ4n) is 3.79. The normalized spacial score (nSPS) is 16.2. The number of hydrogen-bond donors (Lipinski definition) is 1. The van der Waals surface area contributed by atoms with Gasteiger partial charge in [0.05, 0.1) is 17.2 Å². The SMILES string of the molecule is CCOc1ccc(S(=O)(=O)N2Cc3ccccc3CC2C(=O)Nc2cc(F)ccc2F)cc1. The average Bonchev–Trinajstić information content (AvgIpc) is 2.81. The van der Waals surface area contributed by atoms with Crippen LogP contribution in [-0.4, -0.2) is 31.3 Å². The molecule has 0 aromatic heterocycles. The number of benzene rings is 3. The summed E-state index contributed by atoms with van der Waals surface area (Å²) in [6, 6.07) is 14.7. The zero-order valence-corrected chi connectivity index (χ0v) is 18.6. The maximum atomic E-state index is 14.1. The Hall–Kier alpha value is -3.30. The fourth-order valence-corrected chi connectivity index (χ4v) is 5.36. The molecule has 0 saturated heterocycles. The van der Waals surface area contributed by atoms with E-state index in [1.165, 1.54) is 12.1 Å². The van der Waals surface area contributed by atoms with Crippen LogP contribution in [0.5, 0.6) is 5.75 Å². The average molecular weight is 473 g/mol. The summed E-state index contributed by atoms with van der Waals surface area (Å²) in [5, 5.41) is 2.35. The highest BCUT2D eigenvalue weighted by Gasteiger charge is 2.39. The summed E-state index contributed by atoms with van der Waals surface area (Å²) in [6.45, 7) is 2.23. The lowest BCUT2D eigenvalue weighted by Crippen LogP contribution is -2.50. The van der Waals surface area contributed by atoms with E-state index < -0.39 is 33.6 Å². The molecule has 6 nitrogen and oxygen atoms in total. The van der Waals surface area contributed by atoms with Gasteiger partial charge in [-0.1, -0.05) is 24.3 Å². The van der Waals surface area contributed by atoms with Gasteiger partial charge in [0.25, 0.3) is 0 Å². The van der Waals surface area contributed by atoms with Gasteiger partial charge in [-0.25, -0.2) is 17.2 Å². The molecule has 1 amide bonds. The molecule has 1 heterocycles. The highest BCUT2D eigenvalue weighted by Crippen LogP contribution is 2.31. The molecule has 33 heavy (non-hydrogen) atoms. The fraction of sp³-hybridized carbons (Fsp3) is 0.208. The summed E-state index contributed by atoms with van der Waals surface area (Å²) < 4.78 is 61.2. The van der Waals surface area contributed by atoms with Gasteiger partial charge in [-0.15, -0.1) is 0 Å². The number of sulfonamides is 1. The van der Waals surface area contributed by atoms with E-state index in [4.69, 9.17) is 4.74 Å². The molecule has 0 bridgehead atoms. The van der Waals surface area contributed by atoms with Gasteiger partial charge in [0.2, 0.25) is 15.9 Å². The molecule has 1 unspecified atom stereocenters. The Morgan fingerprint density at radius 2 is 1.76 bits per heavy atom. The van der Waals surface area contributed by atoms with Crippen LogP contribution in [0.15, 0.2) is 71.6 Å². The summed E-state index contributed by atoms with van der Waals surface area (Å²) in [5.74, 6) is -1.76. The van der Waals surface area contributed by atoms with Crippen molar-refractivity contribution in [3.05, 3.63) is 89.5 Å². The van der Waals surface area contributed by atoms with Crippen LogP contribution in [0.2, 0.25) is 0 Å². The quantitative estimate of drug-likeness (QED) is 0.586. The molecule has 4 rings (SSSR count). The number of halogens is 2. The number of hydrogen-bond acceptors (Lipinski definition) is 4. The second-order valence-electron chi connectivity index (χ2n) is 7.56. The van der Waals surface area contributed by atoms with E-state index in [9.17, 15) is 22.0 Å². The largest absolute Gasteiger partial charge is 0.494 e. The number of rotatable bonds is 6. The maximum Gasteiger partial charge on any atom is 0.244 e. The van der Waals surface area contributed by atoms with E-state index >= 15 is 0 Å². The third-order valence-electron chi connectivity index (χ3n) is 5.44. The second-order valence-corrected chi connectivity index (χ2v) is 9.45. The van der Waals surface area contributed by atoms with Gasteiger partial charge in [0.1, 0.15) is 23.4 Å². The molecule has 0 radical (unpaired) electrons. The van der Waals surface area contributed by atoms with E-state index in [2.05, 4.69) is 5.32 Å². The Morgan fingerprint density at radius 1 is 1.06 bits per heavy atom. The summed E-state index contributed by atoms with van der Waals surface area (Å²) in [4.78, 5) is 13.1. The van der Waals surface area contributed by atoms with Crippen molar-refractivity contribution in [3.8, 4) is 5.75 Å². The number of nitrogens with one attached hydrogen (secondary N) is 1. The van der Waals surface area contributed by atoms with Crippen LogP contribution in [0, 0.1) is 11.6 Å². The molecular formula is C24H22F2N2O4S. The molecule has 1 aliphatic rings. The van der Waals surface area contributed by atoms with Gasteiger partial charge in [-0.05, 0) is 60.9 Å². The number of carbonyl (C=O) groups is 1. The summed E-state index contributed by atoms with van der Waals surface area (Å²) in [6.07, 6.45) is 0.0925. The monoisotopic (exact) mass is 472 g/mol. The van der Waals surface area contributed by atoms with Crippen molar-refractivity contribution >= 4 is 21.6 Å². The Balaban J connectivity index is 1.70. The number of fused-ring (bicyclic) bond motifs is 1. The Labute approximate surface area is 190 Å². The third-order valence-corrected chi connectivity index (χ3v) is 7.30. The predicted octanol–water partition coefficient (Wildman–Crippen LogP) is 4.12. The van der Waals surface area contributed by atoms with Crippen LogP contribution in [0.1, 0.15) is 18.1 Å². The highest BCUT2D eigenvalue weighted by atomic mass is 32.2. The number of carbonyl (C=O) groups excluding carboxylic acids is 1. The van der Waals surface area contributed by atoms with E-state index in [1.54, 1.807) is 30.3 Å². The molecule has 1 N–H and O–H groups in total. The summed E-state index contributed by atoms with van der Waals surface area (Å²) in [7, 11) is -4.09. The van der Waals surface area contributed by atoms with Crippen LogP contribution in [-0.2, 0) is 27.8 Å². The number of nitrogens with zero attached hydrogens (tertiary/aromatic N) is 1. The van der Waals surface area contributed by atoms with E-state index in [-0.39, 0.29) is 23.5 Å². The van der Waals surface area contributed by atoms with Crippen molar-refractivity contribution in [1.29, 1.82) is 0 Å². The molecular weight excluding hydrogens is 450 g/mol. The topological polar surface area (TPSA) is 75.7 Å². The van der Waals surface area contributed by atoms with Crippen LogP contribution in [0.25, 0.3) is 0 Å². The van der Waals surface area contributed by atoms with Crippen molar-refractivity contribution < 1.29 is 26.7 Å². The lowest BCUT2D eigenvalue weighted by molar-refractivity contribution is -0.120. The number of amides is 1. The molecule has 1 atom stereocenters. The van der Waals surface area contributed by atoms with Crippen LogP contribution in [0.3, 0.4) is 0 Å². The lowest BCUT2D eigenvalue weighted by atomic mass is 9.95. The van der Waals surface area contributed by atoms with Crippen LogP contribution < -0.4 is 10.1 Å².